The predicted octanol–water partition coefficient (Wildman–Crippen LogP) is 4.42. The van der Waals surface area contributed by atoms with Crippen LogP contribution in [-0.4, -0.2) is 122 Å². The number of anilines is 2. The van der Waals surface area contributed by atoms with Crippen LogP contribution in [0.25, 0.3) is 11.4 Å². The second kappa shape index (κ2) is 15.7. The van der Waals surface area contributed by atoms with E-state index in [1.807, 2.05) is 24.3 Å². The van der Waals surface area contributed by atoms with Gasteiger partial charge in [-0.3, -0.25) is 9.80 Å². The summed E-state index contributed by atoms with van der Waals surface area (Å²) in [6, 6.07) is 10.2. The van der Waals surface area contributed by atoms with Gasteiger partial charge in [-0.2, -0.15) is 5.11 Å². The van der Waals surface area contributed by atoms with Gasteiger partial charge < -0.3 is 20.4 Å². The lowest BCUT2D eigenvalue weighted by molar-refractivity contribution is 0.158. The van der Waals surface area contributed by atoms with Crippen molar-refractivity contribution in [1.82, 2.24) is 29.6 Å². The van der Waals surface area contributed by atoms with Gasteiger partial charge in [0, 0.05) is 84.1 Å². The molecule has 0 saturated carbocycles. The smallest absolute Gasteiger partial charge is 0.170 e. The third-order valence-corrected chi connectivity index (χ3v) is 7.79. The van der Waals surface area contributed by atoms with Crippen molar-refractivity contribution in [2.45, 2.75) is 20.3 Å². The van der Waals surface area contributed by atoms with Crippen LogP contribution in [0.2, 0.25) is 0 Å². The van der Waals surface area contributed by atoms with E-state index in [1.54, 1.807) is 0 Å². The lowest BCUT2D eigenvalue weighted by Gasteiger charge is -2.32. The summed E-state index contributed by atoms with van der Waals surface area (Å²) in [7, 11) is 4.38. The fourth-order valence-electron chi connectivity index (χ4n) is 5.10. The highest BCUT2D eigenvalue weighted by atomic mass is 15.3. The summed E-state index contributed by atoms with van der Waals surface area (Å²) in [5.41, 5.74) is 2.52. The number of benzene rings is 1. The summed E-state index contributed by atoms with van der Waals surface area (Å²) in [6.07, 6.45) is 8.34. The Morgan fingerprint density at radius 1 is 0.732 bits per heavy atom. The SMILES string of the molecule is C.CN1CCN(CCNc2nc(-c3ccccc3)nc(NCCN3CCN(C)CC3)c2N=NC2=CCCC=C2)CC1. The highest BCUT2D eigenvalue weighted by Crippen LogP contribution is 2.34. The van der Waals surface area contributed by atoms with Gasteiger partial charge in [0.2, 0.25) is 0 Å². The summed E-state index contributed by atoms with van der Waals surface area (Å²) < 4.78 is 0. The maximum atomic E-state index is 4.97. The van der Waals surface area contributed by atoms with Gasteiger partial charge in [0.1, 0.15) is 0 Å². The highest BCUT2D eigenvalue weighted by molar-refractivity contribution is 5.77. The predicted molar refractivity (Wildman–Crippen MR) is 170 cm³/mol. The van der Waals surface area contributed by atoms with E-state index in [4.69, 9.17) is 15.1 Å². The molecule has 2 aliphatic heterocycles. The van der Waals surface area contributed by atoms with E-state index in [2.05, 4.69) is 73.7 Å². The number of nitrogens with zero attached hydrogens (tertiary/aromatic N) is 8. The molecule has 0 unspecified atom stereocenters. The molecule has 10 heteroatoms. The molecule has 0 radical (unpaired) electrons. The van der Waals surface area contributed by atoms with Crippen LogP contribution in [0.15, 0.2) is 64.5 Å². The lowest BCUT2D eigenvalue weighted by Crippen LogP contribution is -2.45. The summed E-state index contributed by atoms with van der Waals surface area (Å²) in [5.74, 6) is 2.11. The highest BCUT2D eigenvalue weighted by Gasteiger charge is 2.19. The zero-order valence-corrected chi connectivity index (χ0v) is 24.1. The van der Waals surface area contributed by atoms with Crippen molar-refractivity contribution in [3.05, 3.63) is 54.3 Å². The monoisotopic (exact) mass is 560 g/mol. The molecule has 2 aromatic rings. The van der Waals surface area contributed by atoms with Crippen LogP contribution >= 0.6 is 0 Å². The molecule has 0 spiro atoms. The first-order valence-corrected chi connectivity index (χ1v) is 14.7. The first-order chi connectivity index (χ1) is 19.6. The van der Waals surface area contributed by atoms with Crippen LogP contribution in [0.4, 0.5) is 17.3 Å². The fraction of sp³-hybridized carbons (Fsp3) is 0.548. The van der Waals surface area contributed by atoms with Crippen molar-refractivity contribution in [3.63, 3.8) is 0 Å². The van der Waals surface area contributed by atoms with Crippen molar-refractivity contribution in [1.29, 1.82) is 0 Å². The van der Waals surface area contributed by atoms with E-state index in [-0.39, 0.29) is 7.43 Å². The van der Waals surface area contributed by atoms with Crippen LogP contribution in [0.5, 0.6) is 0 Å². The summed E-state index contributed by atoms with van der Waals surface area (Å²) in [5, 5.41) is 16.5. The molecule has 5 rings (SSSR count). The van der Waals surface area contributed by atoms with Crippen LogP contribution in [0, 0.1) is 0 Å². The average molecular weight is 561 g/mol. The Morgan fingerprint density at radius 3 is 1.80 bits per heavy atom. The van der Waals surface area contributed by atoms with Crippen LogP contribution < -0.4 is 10.6 Å². The van der Waals surface area contributed by atoms with Gasteiger partial charge in [0.15, 0.2) is 23.1 Å². The van der Waals surface area contributed by atoms with Crippen molar-refractivity contribution in [3.8, 4) is 11.4 Å². The fourth-order valence-corrected chi connectivity index (χ4v) is 5.10. The molecule has 2 N–H and O–H groups in total. The normalized spacial score (nSPS) is 19.2. The number of likely N-dealkylation sites (N-methyl/N-ethyl adjacent to an activating group) is 2. The zero-order chi connectivity index (χ0) is 27.6. The van der Waals surface area contributed by atoms with E-state index in [1.165, 1.54) is 0 Å². The van der Waals surface area contributed by atoms with Gasteiger partial charge in [0.25, 0.3) is 0 Å². The number of hydrogen-bond donors (Lipinski definition) is 2. The van der Waals surface area contributed by atoms with Gasteiger partial charge in [-0.15, -0.1) is 5.11 Å². The molecule has 3 heterocycles. The minimum Gasteiger partial charge on any atom is -0.367 e. The minimum absolute atomic E-state index is 0. The van der Waals surface area contributed by atoms with Gasteiger partial charge >= 0.3 is 0 Å². The average Bonchev–Trinajstić information content (AvgIpc) is 2.99. The van der Waals surface area contributed by atoms with Crippen molar-refractivity contribution in [2.75, 3.05) is 103 Å². The summed E-state index contributed by atoms with van der Waals surface area (Å²) >= 11 is 0. The molecule has 1 aliphatic carbocycles. The van der Waals surface area contributed by atoms with E-state index in [9.17, 15) is 0 Å². The molecule has 1 aromatic carbocycles. The molecular formula is C31H48N10. The van der Waals surface area contributed by atoms with Crippen LogP contribution in [-0.2, 0) is 0 Å². The molecule has 0 amide bonds. The molecule has 0 bridgehead atoms. The Kier molecular flexibility index (Phi) is 11.8. The third-order valence-electron chi connectivity index (χ3n) is 7.79. The number of nitrogens with one attached hydrogen (secondary N) is 2. The summed E-state index contributed by atoms with van der Waals surface area (Å²) in [6.45, 7) is 12.2. The molecule has 3 aliphatic rings. The molecule has 0 atom stereocenters. The van der Waals surface area contributed by atoms with Gasteiger partial charge in [-0.05, 0) is 33.0 Å². The molecule has 41 heavy (non-hydrogen) atoms. The maximum Gasteiger partial charge on any atom is 0.170 e. The quantitative estimate of drug-likeness (QED) is 0.391. The van der Waals surface area contributed by atoms with E-state index >= 15 is 0 Å². The van der Waals surface area contributed by atoms with E-state index in [0.717, 1.165) is 103 Å². The largest absolute Gasteiger partial charge is 0.367 e. The first kappa shape index (κ1) is 30.8. The number of aromatic nitrogens is 2. The van der Waals surface area contributed by atoms with Crippen LogP contribution in [0.1, 0.15) is 20.3 Å². The Morgan fingerprint density at radius 2 is 1.29 bits per heavy atom. The standard InChI is InChI=1S/C30H44N10.CH4/c1-37-17-21-39(22-18-37)15-13-31-29-27(36-35-26-11-7-4-8-12-26)30(32-14-16-40-23-19-38(2)20-24-40)34-28(33-29)25-9-5-3-6-10-25;/h3,5-7,9-12H,4,8,13-24H2,1-2H3,(H2,31,32,33,34);1H4. The molecule has 2 saturated heterocycles. The molecule has 2 fully saturated rings. The van der Waals surface area contributed by atoms with Crippen LogP contribution in [0.3, 0.4) is 0 Å². The molecular weight excluding hydrogens is 512 g/mol. The third kappa shape index (κ3) is 9.16. The zero-order valence-electron chi connectivity index (χ0n) is 24.1. The maximum absolute atomic E-state index is 4.97. The second-order valence-electron chi connectivity index (χ2n) is 10.9. The molecule has 10 nitrogen and oxygen atoms in total. The van der Waals surface area contributed by atoms with Gasteiger partial charge in [0.05, 0.1) is 5.70 Å². The van der Waals surface area contributed by atoms with Gasteiger partial charge in [-0.25, -0.2) is 9.97 Å². The first-order valence-electron chi connectivity index (χ1n) is 14.7. The van der Waals surface area contributed by atoms with E-state index < -0.39 is 0 Å². The minimum atomic E-state index is 0. The topological polar surface area (TPSA) is 87.5 Å². The Balaban J connectivity index is 0.00000387. The number of rotatable bonds is 11. The van der Waals surface area contributed by atoms with Crippen molar-refractivity contribution < 1.29 is 0 Å². The molecule has 1 aromatic heterocycles. The number of hydrogen-bond acceptors (Lipinski definition) is 10. The Bertz CT molecular complexity index is 1110. The second-order valence-corrected chi connectivity index (χ2v) is 10.9. The van der Waals surface area contributed by atoms with E-state index in [0.29, 0.717) is 23.1 Å². The number of allylic oxidation sites excluding steroid dienone is 3. The summed E-state index contributed by atoms with van der Waals surface area (Å²) in [4.78, 5) is 19.7. The van der Waals surface area contributed by atoms with Gasteiger partial charge in [-0.1, -0.05) is 49.9 Å². The lowest BCUT2D eigenvalue weighted by atomic mass is 10.2. The van der Waals surface area contributed by atoms with Crippen molar-refractivity contribution >= 4 is 17.3 Å². The Hall–Kier alpha value is -3.18. The number of piperazine rings is 2. The molecule has 222 valence electrons. The number of azo groups is 1. The van der Waals surface area contributed by atoms with Crippen molar-refractivity contribution in [2.24, 2.45) is 10.2 Å². The Labute approximate surface area is 246 Å².